The molecule has 0 unspecified atom stereocenters. The van der Waals surface area contributed by atoms with Crippen LogP contribution in [0, 0.1) is 0 Å². The van der Waals surface area contributed by atoms with Gasteiger partial charge in [0.1, 0.15) is 4.99 Å². The molecule has 5 heteroatoms. The average molecular weight is 386 g/mol. The summed E-state index contributed by atoms with van der Waals surface area (Å²) in [7, 11) is 0. The molecule has 0 aromatic heterocycles. The van der Waals surface area contributed by atoms with E-state index < -0.39 is 0 Å². The molecular formula is C13H10Br2N2S. The zero-order valence-electron chi connectivity index (χ0n) is 9.28. The summed E-state index contributed by atoms with van der Waals surface area (Å²) in [6.07, 6.45) is 0. The topological polar surface area (TPSA) is 38.0 Å². The number of hydrogen-bond acceptors (Lipinski definition) is 2. The molecule has 0 heterocycles. The van der Waals surface area contributed by atoms with Gasteiger partial charge in [-0.25, -0.2) is 0 Å². The highest BCUT2D eigenvalue weighted by Crippen LogP contribution is 2.33. The second kappa shape index (κ2) is 5.82. The Balaban J connectivity index is 2.26. The molecule has 0 fully saturated rings. The van der Waals surface area contributed by atoms with Crippen molar-refractivity contribution in [3.63, 3.8) is 0 Å². The first-order valence-corrected chi connectivity index (χ1v) is 7.18. The van der Waals surface area contributed by atoms with Crippen LogP contribution in [-0.2, 0) is 0 Å². The average Bonchev–Trinajstić information content (AvgIpc) is 2.34. The maximum atomic E-state index is 5.56. The number of rotatable bonds is 3. The predicted molar refractivity (Wildman–Crippen MR) is 87.5 cm³/mol. The molecule has 0 radical (unpaired) electrons. The van der Waals surface area contributed by atoms with E-state index in [2.05, 4.69) is 37.2 Å². The van der Waals surface area contributed by atoms with Crippen molar-refractivity contribution >= 4 is 60.4 Å². The van der Waals surface area contributed by atoms with Crippen molar-refractivity contribution in [2.75, 3.05) is 5.32 Å². The first kappa shape index (κ1) is 13.5. The zero-order valence-corrected chi connectivity index (χ0v) is 13.3. The smallest absolute Gasteiger partial charge is 0.103 e. The maximum Gasteiger partial charge on any atom is 0.103 e. The molecule has 0 spiro atoms. The van der Waals surface area contributed by atoms with Crippen LogP contribution < -0.4 is 11.1 Å². The van der Waals surface area contributed by atoms with Gasteiger partial charge in [0.05, 0.1) is 5.69 Å². The molecule has 0 aliphatic carbocycles. The van der Waals surface area contributed by atoms with Crippen LogP contribution in [0.15, 0.2) is 51.4 Å². The minimum absolute atomic E-state index is 0.406. The van der Waals surface area contributed by atoms with Crippen LogP contribution in [0.5, 0.6) is 0 Å². The number of halogens is 2. The van der Waals surface area contributed by atoms with Crippen molar-refractivity contribution in [1.82, 2.24) is 0 Å². The van der Waals surface area contributed by atoms with Crippen molar-refractivity contribution in [3.8, 4) is 0 Å². The van der Waals surface area contributed by atoms with E-state index in [1.165, 1.54) is 0 Å². The molecule has 3 N–H and O–H groups in total. The Bertz CT molecular complexity index is 562. The molecule has 0 saturated heterocycles. The van der Waals surface area contributed by atoms with E-state index in [0.717, 1.165) is 25.9 Å². The lowest BCUT2D eigenvalue weighted by atomic mass is 10.2. The number of benzene rings is 2. The molecule has 2 aromatic rings. The molecule has 92 valence electrons. The van der Waals surface area contributed by atoms with Crippen molar-refractivity contribution in [2.24, 2.45) is 5.73 Å². The normalized spacial score (nSPS) is 10.1. The van der Waals surface area contributed by atoms with Crippen molar-refractivity contribution in [2.45, 2.75) is 0 Å². The third kappa shape index (κ3) is 3.10. The summed E-state index contributed by atoms with van der Waals surface area (Å²) < 4.78 is 1.99. The van der Waals surface area contributed by atoms with Crippen molar-refractivity contribution in [3.05, 3.63) is 57.0 Å². The Morgan fingerprint density at radius 1 is 1.00 bits per heavy atom. The van der Waals surface area contributed by atoms with Gasteiger partial charge in [0, 0.05) is 20.2 Å². The van der Waals surface area contributed by atoms with Gasteiger partial charge < -0.3 is 11.1 Å². The second-order valence-corrected chi connectivity index (χ2v) is 5.81. The van der Waals surface area contributed by atoms with Gasteiger partial charge in [-0.15, -0.1) is 0 Å². The van der Waals surface area contributed by atoms with E-state index in [1.807, 2.05) is 42.5 Å². The Labute approximate surface area is 128 Å². The lowest BCUT2D eigenvalue weighted by molar-refractivity contribution is 1.49. The highest BCUT2D eigenvalue weighted by atomic mass is 79.9. The number of para-hydroxylation sites is 1. The SMILES string of the molecule is NC(=S)c1ccc(Nc2c(Br)cccc2Br)cc1. The van der Waals surface area contributed by atoms with Gasteiger partial charge in [-0.05, 0) is 68.3 Å². The summed E-state index contributed by atoms with van der Waals surface area (Å²) in [5, 5.41) is 3.33. The summed E-state index contributed by atoms with van der Waals surface area (Å²) in [5.74, 6) is 0. The molecule has 0 saturated carbocycles. The van der Waals surface area contributed by atoms with E-state index >= 15 is 0 Å². The van der Waals surface area contributed by atoms with Crippen LogP contribution in [0.25, 0.3) is 0 Å². The minimum atomic E-state index is 0.406. The number of thiocarbonyl (C=S) groups is 1. The molecule has 0 aliphatic rings. The Hall–Kier alpha value is -0.910. The van der Waals surface area contributed by atoms with E-state index in [9.17, 15) is 0 Å². The van der Waals surface area contributed by atoms with Gasteiger partial charge in [0.2, 0.25) is 0 Å². The molecule has 0 aliphatic heterocycles. The number of hydrogen-bond donors (Lipinski definition) is 2. The van der Waals surface area contributed by atoms with E-state index in [-0.39, 0.29) is 0 Å². The summed E-state index contributed by atoms with van der Waals surface area (Å²) in [6.45, 7) is 0. The third-order valence-corrected chi connectivity index (χ3v) is 3.96. The molecule has 0 bridgehead atoms. The molecular weight excluding hydrogens is 376 g/mol. The fraction of sp³-hybridized carbons (Fsp3) is 0. The monoisotopic (exact) mass is 384 g/mol. The molecule has 18 heavy (non-hydrogen) atoms. The van der Waals surface area contributed by atoms with Crippen LogP contribution in [0.1, 0.15) is 5.56 Å². The summed E-state index contributed by atoms with van der Waals surface area (Å²) >= 11 is 11.9. The summed E-state index contributed by atoms with van der Waals surface area (Å²) in [4.78, 5) is 0.406. The fourth-order valence-electron chi connectivity index (χ4n) is 1.48. The highest BCUT2D eigenvalue weighted by molar-refractivity contribution is 9.11. The van der Waals surface area contributed by atoms with Crippen molar-refractivity contribution in [1.29, 1.82) is 0 Å². The number of anilines is 2. The number of nitrogens with two attached hydrogens (primary N) is 1. The Kier molecular flexibility index (Phi) is 4.37. The van der Waals surface area contributed by atoms with Gasteiger partial charge in [-0.1, -0.05) is 18.3 Å². The second-order valence-electron chi connectivity index (χ2n) is 3.66. The Morgan fingerprint density at radius 3 is 2.06 bits per heavy atom. The molecule has 2 nitrogen and oxygen atoms in total. The largest absolute Gasteiger partial charge is 0.389 e. The van der Waals surface area contributed by atoms with Crippen LogP contribution in [0.3, 0.4) is 0 Å². The predicted octanol–water partition coefficient (Wildman–Crippen LogP) is 4.59. The van der Waals surface area contributed by atoms with Gasteiger partial charge >= 0.3 is 0 Å². The highest BCUT2D eigenvalue weighted by Gasteiger charge is 2.05. The van der Waals surface area contributed by atoms with Gasteiger partial charge in [-0.3, -0.25) is 0 Å². The molecule has 2 rings (SSSR count). The Morgan fingerprint density at radius 2 is 1.56 bits per heavy atom. The van der Waals surface area contributed by atoms with E-state index in [1.54, 1.807) is 0 Å². The van der Waals surface area contributed by atoms with Gasteiger partial charge in [0.25, 0.3) is 0 Å². The fourth-order valence-corrected chi connectivity index (χ4v) is 2.81. The molecule has 0 amide bonds. The molecule has 2 aromatic carbocycles. The lowest BCUT2D eigenvalue weighted by Gasteiger charge is -2.11. The third-order valence-electron chi connectivity index (χ3n) is 2.40. The van der Waals surface area contributed by atoms with E-state index in [0.29, 0.717) is 4.99 Å². The lowest BCUT2D eigenvalue weighted by Crippen LogP contribution is -2.08. The summed E-state index contributed by atoms with van der Waals surface area (Å²) in [5.41, 5.74) is 8.38. The number of nitrogens with one attached hydrogen (secondary N) is 1. The standard InChI is InChI=1S/C13H10Br2N2S/c14-10-2-1-3-11(15)12(10)17-9-6-4-8(5-7-9)13(16)18/h1-7,17H,(H2,16,18). The first-order valence-electron chi connectivity index (χ1n) is 5.19. The van der Waals surface area contributed by atoms with Crippen LogP contribution in [0.4, 0.5) is 11.4 Å². The van der Waals surface area contributed by atoms with Crippen LogP contribution >= 0.6 is 44.1 Å². The minimum Gasteiger partial charge on any atom is -0.389 e. The quantitative estimate of drug-likeness (QED) is 0.759. The maximum absolute atomic E-state index is 5.56. The molecule has 0 atom stereocenters. The van der Waals surface area contributed by atoms with Gasteiger partial charge in [0.15, 0.2) is 0 Å². The van der Waals surface area contributed by atoms with Gasteiger partial charge in [-0.2, -0.15) is 0 Å². The zero-order chi connectivity index (χ0) is 13.1. The van der Waals surface area contributed by atoms with Crippen LogP contribution in [0.2, 0.25) is 0 Å². The van der Waals surface area contributed by atoms with E-state index in [4.69, 9.17) is 18.0 Å². The summed E-state index contributed by atoms with van der Waals surface area (Å²) in [6, 6.07) is 13.6. The first-order chi connectivity index (χ1) is 8.58. The van der Waals surface area contributed by atoms with Crippen molar-refractivity contribution < 1.29 is 0 Å². The van der Waals surface area contributed by atoms with Crippen LogP contribution in [-0.4, -0.2) is 4.99 Å².